The molecule has 16 heavy (non-hydrogen) atoms. The third-order valence-corrected chi connectivity index (χ3v) is 4.87. The quantitative estimate of drug-likeness (QED) is 0.862. The van der Waals surface area contributed by atoms with E-state index in [9.17, 15) is 0 Å². The van der Waals surface area contributed by atoms with Gasteiger partial charge in [-0.15, -0.1) is 0 Å². The molecule has 1 nitrogen and oxygen atoms in total. The van der Waals surface area contributed by atoms with Gasteiger partial charge in [0.2, 0.25) is 0 Å². The van der Waals surface area contributed by atoms with Crippen LogP contribution in [0.3, 0.4) is 0 Å². The van der Waals surface area contributed by atoms with Crippen molar-refractivity contribution in [2.24, 2.45) is 0 Å². The predicted molar refractivity (Wildman–Crippen MR) is 72.9 cm³/mol. The van der Waals surface area contributed by atoms with Crippen molar-refractivity contribution in [1.82, 2.24) is 5.32 Å². The molecule has 0 unspecified atom stereocenters. The number of rotatable bonds is 4. The van der Waals surface area contributed by atoms with Crippen LogP contribution in [0.2, 0.25) is 5.02 Å². The summed E-state index contributed by atoms with van der Waals surface area (Å²) in [7, 11) is 0. The van der Waals surface area contributed by atoms with E-state index in [1.54, 1.807) is 0 Å². The van der Waals surface area contributed by atoms with Crippen molar-refractivity contribution in [3.05, 3.63) is 33.3 Å². The van der Waals surface area contributed by atoms with Crippen LogP contribution in [0.1, 0.15) is 38.2 Å². The van der Waals surface area contributed by atoms with Crippen LogP contribution in [0.15, 0.2) is 22.7 Å². The van der Waals surface area contributed by atoms with E-state index >= 15 is 0 Å². The van der Waals surface area contributed by atoms with Crippen LogP contribution in [-0.4, -0.2) is 5.54 Å². The molecule has 0 spiro atoms. The lowest BCUT2D eigenvalue weighted by molar-refractivity contribution is 0.175. The van der Waals surface area contributed by atoms with Gasteiger partial charge in [0.15, 0.2) is 0 Å². The Morgan fingerprint density at radius 3 is 2.69 bits per heavy atom. The number of halogens is 2. The third-order valence-electron chi connectivity index (χ3n) is 3.64. The summed E-state index contributed by atoms with van der Waals surface area (Å²) in [6, 6.07) is 6.16. The lowest BCUT2D eigenvalue weighted by Crippen LogP contribution is -2.49. The first kappa shape index (κ1) is 12.4. The molecule has 1 N–H and O–H groups in total. The maximum atomic E-state index is 6.07. The average Bonchev–Trinajstić information content (AvgIpc) is 2.22. The largest absolute Gasteiger partial charge is 0.307 e. The Morgan fingerprint density at radius 2 is 2.19 bits per heavy atom. The van der Waals surface area contributed by atoms with E-state index in [0.717, 1.165) is 16.0 Å². The summed E-state index contributed by atoms with van der Waals surface area (Å²) < 4.78 is 0.965. The molecule has 1 fully saturated rings. The van der Waals surface area contributed by atoms with E-state index < -0.39 is 0 Å². The molecule has 0 bridgehead atoms. The monoisotopic (exact) mass is 301 g/mol. The van der Waals surface area contributed by atoms with E-state index in [-0.39, 0.29) is 0 Å². The molecule has 0 amide bonds. The zero-order valence-corrected chi connectivity index (χ0v) is 11.9. The molecule has 1 aromatic rings. The smallest absolute Gasteiger partial charge is 0.0551 e. The summed E-state index contributed by atoms with van der Waals surface area (Å²) in [6.45, 7) is 3.18. The molecule has 0 aliphatic heterocycles. The first-order valence-corrected chi connectivity index (χ1v) is 7.01. The van der Waals surface area contributed by atoms with Gasteiger partial charge in [-0.2, -0.15) is 0 Å². The van der Waals surface area contributed by atoms with Gasteiger partial charge < -0.3 is 5.32 Å². The van der Waals surface area contributed by atoms with E-state index in [1.165, 1.54) is 31.2 Å². The third kappa shape index (κ3) is 2.61. The van der Waals surface area contributed by atoms with Gasteiger partial charge in [-0.3, -0.25) is 0 Å². The van der Waals surface area contributed by atoms with Gasteiger partial charge in [0.25, 0.3) is 0 Å². The lowest BCUT2D eigenvalue weighted by Gasteiger charge is -2.42. The van der Waals surface area contributed by atoms with Crippen LogP contribution in [-0.2, 0) is 6.54 Å². The molecular weight excluding hydrogens is 286 g/mol. The Balaban J connectivity index is 1.96. The standard InChI is InChI=1S/C13H17BrClN/c1-2-13(6-3-7-13)16-9-10-4-5-11(14)12(15)8-10/h4-5,8,16H,2-3,6-7,9H2,1H3. The van der Waals surface area contributed by atoms with Crippen LogP contribution in [0, 0.1) is 0 Å². The average molecular weight is 303 g/mol. The van der Waals surface area contributed by atoms with Crippen LogP contribution < -0.4 is 5.32 Å². The highest BCUT2D eigenvalue weighted by Crippen LogP contribution is 2.35. The second kappa shape index (κ2) is 5.07. The highest BCUT2D eigenvalue weighted by atomic mass is 79.9. The Kier molecular flexibility index (Phi) is 3.93. The zero-order valence-electron chi connectivity index (χ0n) is 9.52. The van der Waals surface area contributed by atoms with Gasteiger partial charge in [-0.25, -0.2) is 0 Å². The summed E-state index contributed by atoms with van der Waals surface area (Å²) in [6.07, 6.45) is 5.21. The zero-order chi connectivity index (χ0) is 11.6. The Labute approximate surface area is 111 Å². The van der Waals surface area contributed by atoms with E-state index in [0.29, 0.717) is 5.54 Å². The molecule has 0 atom stereocenters. The molecule has 1 aliphatic carbocycles. The molecular formula is C13H17BrClN. The minimum absolute atomic E-state index is 0.402. The molecule has 0 heterocycles. The van der Waals surface area contributed by atoms with Gasteiger partial charge in [0.05, 0.1) is 5.02 Å². The molecule has 1 saturated carbocycles. The van der Waals surface area contributed by atoms with Crippen molar-refractivity contribution in [3.63, 3.8) is 0 Å². The van der Waals surface area contributed by atoms with Crippen LogP contribution in [0.25, 0.3) is 0 Å². The minimum atomic E-state index is 0.402. The van der Waals surface area contributed by atoms with Crippen molar-refractivity contribution >= 4 is 27.5 Å². The summed E-state index contributed by atoms with van der Waals surface area (Å²) in [5.41, 5.74) is 1.66. The second-order valence-corrected chi connectivity index (χ2v) is 5.85. The fraction of sp³-hybridized carbons (Fsp3) is 0.538. The van der Waals surface area contributed by atoms with Crippen molar-refractivity contribution in [2.45, 2.75) is 44.7 Å². The molecule has 0 aromatic heterocycles. The summed E-state index contributed by atoms with van der Waals surface area (Å²) in [5, 5.41) is 4.46. The van der Waals surface area contributed by atoms with Crippen molar-refractivity contribution in [2.75, 3.05) is 0 Å². The molecule has 88 valence electrons. The minimum Gasteiger partial charge on any atom is -0.307 e. The number of nitrogens with one attached hydrogen (secondary N) is 1. The normalized spacial score (nSPS) is 18.2. The molecule has 3 heteroatoms. The van der Waals surface area contributed by atoms with Crippen LogP contribution in [0.4, 0.5) is 0 Å². The number of hydrogen-bond acceptors (Lipinski definition) is 1. The Bertz CT molecular complexity index is 369. The topological polar surface area (TPSA) is 12.0 Å². The van der Waals surface area contributed by atoms with Gasteiger partial charge in [0.1, 0.15) is 0 Å². The Morgan fingerprint density at radius 1 is 1.44 bits per heavy atom. The lowest BCUT2D eigenvalue weighted by atomic mass is 9.75. The Hall–Kier alpha value is -0.0500. The second-order valence-electron chi connectivity index (χ2n) is 4.59. The maximum Gasteiger partial charge on any atom is 0.0551 e. The van der Waals surface area contributed by atoms with E-state index in [1.807, 2.05) is 12.1 Å². The van der Waals surface area contributed by atoms with Gasteiger partial charge in [-0.1, -0.05) is 24.6 Å². The first-order valence-electron chi connectivity index (χ1n) is 5.84. The molecule has 0 radical (unpaired) electrons. The number of benzene rings is 1. The highest BCUT2D eigenvalue weighted by Gasteiger charge is 2.34. The van der Waals surface area contributed by atoms with Crippen molar-refractivity contribution < 1.29 is 0 Å². The van der Waals surface area contributed by atoms with Crippen LogP contribution in [0.5, 0.6) is 0 Å². The van der Waals surface area contributed by atoms with Gasteiger partial charge in [-0.05, 0) is 59.3 Å². The fourth-order valence-electron chi connectivity index (χ4n) is 2.20. The molecule has 0 saturated heterocycles. The van der Waals surface area contributed by atoms with Crippen molar-refractivity contribution in [3.8, 4) is 0 Å². The van der Waals surface area contributed by atoms with E-state index in [4.69, 9.17) is 11.6 Å². The maximum absolute atomic E-state index is 6.07. The summed E-state index contributed by atoms with van der Waals surface area (Å²) >= 11 is 9.48. The summed E-state index contributed by atoms with van der Waals surface area (Å²) in [4.78, 5) is 0. The van der Waals surface area contributed by atoms with E-state index in [2.05, 4.69) is 34.2 Å². The fourth-order valence-corrected chi connectivity index (χ4v) is 2.65. The summed E-state index contributed by atoms with van der Waals surface area (Å²) in [5.74, 6) is 0. The highest BCUT2D eigenvalue weighted by molar-refractivity contribution is 9.10. The predicted octanol–water partition coefficient (Wildman–Crippen LogP) is 4.52. The molecule has 1 aliphatic rings. The first-order chi connectivity index (χ1) is 7.65. The van der Waals surface area contributed by atoms with Crippen molar-refractivity contribution in [1.29, 1.82) is 0 Å². The van der Waals surface area contributed by atoms with Gasteiger partial charge >= 0.3 is 0 Å². The van der Waals surface area contributed by atoms with Crippen LogP contribution >= 0.6 is 27.5 Å². The SMILES string of the molecule is CCC1(NCc2ccc(Br)c(Cl)c2)CCC1. The number of hydrogen-bond donors (Lipinski definition) is 1. The van der Waals surface area contributed by atoms with Gasteiger partial charge in [0, 0.05) is 16.6 Å². The molecule has 2 rings (SSSR count). The molecule has 1 aromatic carbocycles.